The second kappa shape index (κ2) is 6.53. The fourth-order valence-electron chi connectivity index (χ4n) is 3.12. The lowest BCUT2D eigenvalue weighted by molar-refractivity contribution is 0.228. The molecule has 3 nitrogen and oxygen atoms in total. The van der Waals surface area contributed by atoms with Crippen molar-refractivity contribution in [2.24, 2.45) is 0 Å². The van der Waals surface area contributed by atoms with E-state index in [0.29, 0.717) is 6.04 Å². The summed E-state index contributed by atoms with van der Waals surface area (Å²) >= 11 is 1.88. The number of carbonyl (C=O) groups is 1. The van der Waals surface area contributed by atoms with E-state index in [0.717, 1.165) is 25.0 Å². The molecular formula is C16H22N2OS. The minimum Gasteiger partial charge on any atom is -0.335 e. The van der Waals surface area contributed by atoms with E-state index in [-0.39, 0.29) is 12.1 Å². The van der Waals surface area contributed by atoms with Gasteiger partial charge in [-0.1, -0.05) is 37.5 Å². The Morgan fingerprint density at radius 3 is 2.70 bits per heavy atom. The van der Waals surface area contributed by atoms with Crippen molar-refractivity contribution < 1.29 is 4.79 Å². The topological polar surface area (TPSA) is 41.1 Å². The average molecular weight is 290 g/mol. The zero-order valence-corrected chi connectivity index (χ0v) is 12.5. The van der Waals surface area contributed by atoms with Crippen molar-refractivity contribution in [3.63, 3.8) is 0 Å². The fraction of sp³-hybridized carbons (Fsp3) is 0.562. The first-order chi connectivity index (χ1) is 9.83. The number of hydrogen-bond donors (Lipinski definition) is 2. The van der Waals surface area contributed by atoms with Crippen LogP contribution >= 0.6 is 11.8 Å². The number of hydrogen-bond acceptors (Lipinski definition) is 2. The third kappa shape index (κ3) is 3.29. The van der Waals surface area contributed by atoms with Gasteiger partial charge in [0.2, 0.25) is 0 Å². The van der Waals surface area contributed by atoms with Gasteiger partial charge in [-0.25, -0.2) is 4.79 Å². The maximum atomic E-state index is 12.2. The lowest BCUT2D eigenvalue weighted by atomic mass is 9.96. The molecule has 1 heterocycles. The first kappa shape index (κ1) is 13.8. The predicted molar refractivity (Wildman–Crippen MR) is 83.1 cm³/mol. The van der Waals surface area contributed by atoms with Crippen LogP contribution in [0.5, 0.6) is 0 Å². The molecule has 2 amide bonds. The van der Waals surface area contributed by atoms with Gasteiger partial charge in [-0.15, -0.1) is 11.8 Å². The van der Waals surface area contributed by atoms with E-state index in [1.54, 1.807) is 0 Å². The second-order valence-corrected chi connectivity index (χ2v) is 6.82. The van der Waals surface area contributed by atoms with E-state index in [1.807, 2.05) is 11.8 Å². The SMILES string of the molecule is O=C(NC1CCCCC1)N[C@H]1CCSc2ccccc21. The summed E-state index contributed by atoms with van der Waals surface area (Å²) in [5.41, 5.74) is 1.27. The van der Waals surface area contributed by atoms with Gasteiger partial charge >= 0.3 is 6.03 Å². The Bertz CT molecular complexity index is 471. The number of benzene rings is 1. The maximum absolute atomic E-state index is 12.2. The molecule has 0 radical (unpaired) electrons. The summed E-state index contributed by atoms with van der Waals surface area (Å²) in [5.74, 6) is 1.07. The Labute approximate surface area is 124 Å². The van der Waals surface area contributed by atoms with E-state index < -0.39 is 0 Å². The van der Waals surface area contributed by atoms with Gasteiger partial charge in [0.1, 0.15) is 0 Å². The molecule has 1 atom stereocenters. The first-order valence-corrected chi connectivity index (χ1v) is 8.60. The van der Waals surface area contributed by atoms with Gasteiger partial charge in [0.05, 0.1) is 6.04 Å². The van der Waals surface area contributed by atoms with Gasteiger partial charge in [0.15, 0.2) is 0 Å². The molecule has 2 aliphatic rings. The van der Waals surface area contributed by atoms with Crippen molar-refractivity contribution in [2.75, 3.05) is 5.75 Å². The van der Waals surface area contributed by atoms with E-state index in [4.69, 9.17) is 0 Å². The highest BCUT2D eigenvalue weighted by molar-refractivity contribution is 7.99. The van der Waals surface area contributed by atoms with E-state index >= 15 is 0 Å². The van der Waals surface area contributed by atoms with Crippen molar-refractivity contribution in [2.45, 2.75) is 55.5 Å². The summed E-state index contributed by atoms with van der Waals surface area (Å²) in [6.07, 6.45) is 7.07. The number of urea groups is 1. The van der Waals surface area contributed by atoms with Crippen LogP contribution in [0.15, 0.2) is 29.2 Å². The first-order valence-electron chi connectivity index (χ1n) is 7.62. The molecule has 0 bridgehead atoms. The van der Waals surface area contributed by atoms with Crippen LogP contribution in [0.2, 0.25) is 0 Å². The normalized spacial score (nSPS) is 22.9. The highest BCUT2D eigenvalue weighted by Gasteiger charge is 2.23. The molecule has 108 valence electrons. The molecule has 20 heavy (non-hydrogen) atoms. The maximum Gasteiger partial charge on any atom is 0.315 e. The molecule has 0 unspecified atom stereocenters. The molecule has 1 saturated carbocycles. The second-order valence-electron chi connectivity index (χ2n) is 5.68. The predicted octanol–water partition coefficient (Wildman–Crippen LogP) is 3.86. The summed E-state index contributed by atoms with van der Waals surface area (Å²) in [7, 11) is 0. The number of thioether (sulfide) groups is 1. The van der Waals surface area contributed by atoms with Crippen molar-refractivity contribution in [3.05, 3.63) is 29.8 Å². The quantitative estimate of drug-likeness (QED) is 0.868. The van der Waals surface area contributed by atoms with Crippen LogP contribution in [0.4, 0.5) is 4.79 Å². The van der Waals surface area contributed by atoms with Gasteiger partial charge in [-0.05, 0) is 30.9 Å². The molecule has 1 aliphatic carbocycles. The van der Waals surface area contributed by atoms with Gasteiger partial charge in [-0.2, -0.15) is 0 Å². The summed E-state index contributed by atoms with van der Waals surface area (Å²) in [5, 5.41) is 6.30. The molecular weight excluding hydrogens is 268 g/mol. The van der Waals surface area contributed by atoms with Crippen LogP contribution in [0.1, 0.15) is 50.1 Å². The summed E-state index contributed by atoms with van der Waals surface area (Å²) in [6.45, 7) is 0. The van der Waals surface area contributed by atoms with Crippen molar-refractivity contribution >= 4 is 17.8 Å². The summed E-state index contributed by atoms with van der Waals surface area (Å²) in [6, 6.07) is 8.94. The van der Waals surface area contributed by atoms with Gasteiger partial charge in [0.25, 0.3) is 0 Å². The van der Waals surface area contributed by atoms with Crippen LogP contribution in [0.25, 0.3) is 0 Å². The van der Waals surface area contributed by atoms with E-state index in [1.165, 1.54) is 29.7 Å². The largest absolute Gasteiger partial charge is 0.335 e. The molecule has 0 aromatic heterocycles. The van der Waals surface area contributed by atoms with E-state index in [2.05, 4.69) is 34.9 Å². The van der Waals surface area contributed by atoms with Crippen molar-refractivity contribution in [1.29, 1.82) is 0 Å². The molecule has 1 aromatic rings. The van der Waals surface area contributed by atoms with Gasteiger partial charge in [0, 0.05) is 16.7 Å². The Hall–Kier alpha value is -1.16. The molecule has 1 aliphatic heterocycles. The third-order valence-electron chi connectivity index (χ3n) is 4.20. The smallest absolute Gasteiger partial charge is 0.315 e. The minimum absolute atomic E-state index is 0.00334. The zero-order valence-electron chi connectivity index (χ0n) is 11.7. The zero-order chi connectivity index (χ0) is 13.8. The number of fused-ring (bicyclic) bond motifs is 1. The lowest BCUT2D eigenvalue weighted by Crippen LogP contribution is -2.44. The van der Waals surface area contributed by atoms with Crippen LogP contribution in [0.3, 0.4) is 0 Å². The van der Waals surface area contributed by atoms with Crippen molar-refractivity contribution in [3.8, 4) is 0 Å². The standard InChI is InChI=1S/C16H22N2OS/c19-16(17-12-6-2-1-3-7-12)18-14-10-11-20-15-9-5-4-8-13(14)15/h4-5,8-9,12,14H,1-3,6-7,10-11H2,(H2,17,18,19)/t14-/m0/s1. The molecule has 0 spiro atoms. The average Bonchev–Trinajstić information content (AvgIpc) is 2.48. The summed E-state index contributed by atoms with van der Waals surface area (Å²) in [4.78, 5) is 13.5. The molecule has 2 N–H and O–H groups in total. The van der Waals surface area contributed by atoms with Crippen LogP contribution in [-0.4, -0.2) is 17.8 Å². The number of carbonyl (C=O) groups excluding carboxylic acids is 1. The Morgan fingerprint density at radius 1 is 1.05 bits per heavy atom. The number of nitrogens with one attached hydrogen (secondary N) is 2. The van der Waals surface area contributed by atoms with Gasteiger partial charge < -0.3 is 10.6 Å². The minimum atomic E-state index is 0.00334. The van der Waals surface area contributed by atoms with Crippen LogP contribution in [-0.2, 0) is 0 Å². The highest BCUT2D eigenvalue weighted by Crippen LogP contribution is 2.35. The monoisotopic (exact) mass is 290 g/mol. The highest BCUT2D eigenvalue weighted by atomic mass is 32.2. The summed E-state index contributed by atoms with van der Waals surface area (Å²) < 4.78 is 0. The van der Waals surface area contributed by atoms with Gasteiger partial charge in [-0.3, -0.25) is 0 Å². The van der Waals surface area contributed by atoms with Crippen LogP contribution in [0, 0.1) is 0 Å². The fourth-order valence-corrected chi connectivity index (χ4v) is 4.25. The Balaban J connectivity index is 1.59. The number of rotatable bonds is 2. The lowest BCUT2D eigenvalue weighted by Gasteiger charge is -2.28. The third-order valence-corrected chi connectivity index (χ3v) is 5.33. The van der Waals surface area contributed by atoms with Crippen LogP contribution < -0.4 is 10.6 Å². The van der Waals surface area contributed by atoms with E-state index in [9.17, 15) is 4.79 Å². The molecule has 1 aromatic carbocycles. The van der Waals surface area contributed by atoms with Crippen molar-refractivity contribution in [1.82, 2.24) is 10.6 Å². The molecule has 0 saturated heterocycles. The molecule has 1 fully saturated rings. The Morgan fingerprint density at radius 2 is 1.85 bits per heavy atom. The Kier molecular flexibility index (Phi) is 4.51. The molecule has 4 heteroatoms. The number of amides is 2. The molecule has 3 rings (SSSR count).